The van der Waals surface area contributed by atoms with E-state index >= 15 is 0 Å². The Morgan fingerprint density at radius 3 is 2.89 bits per heavy atom. The largest absolute Gasteiger partial charge is 0.396 e. The third-order valence-corrected chi connectivity index (χ3v) is 3.39. The molecule has 2 N–H and O–H groups in total. The van der Waals surface area contributed by atoms with Crippen molar-refractivity contribution in [1.29, 1.82) is 0 Å². The first-order valence-corrected chi connectivity index (χ1v) is 6.94. The Kier molecular flexibility index (Phi) is 5.49. The summed E-state index contributed by atoms with van der Waals surface area (Å²) in [7, 11) is 0. The van der Waals surface area contributed by atoms with Crippen molar-refractivity contribution in [1.82, 2.24) is 0 Å². The number of ether oxygens (including phenoxy) is 1. The van der Waals surface area contributed by atoms with Crippen LogP contribution in [0.1, 0.15) is 31.2 Å². The summed E-state index contributed by atoms with van der Waals surface area (Å²) in [4.78, 5) is 0. The highest BCUT2D eigenvalue weighted by molar-refractivity contribution is 5.53. The molecule has 3 nitrogen and oxygen atoms in total. The number of anilines is 1. The third-order valence-electron chi connectivity index (χ3n) is 3.39. The molecule has 1 aliphatic rings. The lowest BCUT2D eigenvalue weighted by Crippen LogP contribution is -2.30. The molecule has 0 radical (unpaired) electrons. The minimum atomic E-state index is 0.303. The second-order valence-electron chi connectivity index (χ2n) is 4.87. The highest BCUT2D eigenvalue weighted by Gasteiger charge is 2.17. The van der Waals surface area contributed by atoms with Crippen LogP contribution in [0.2, 0.25) is 0 Å². The van der Waals surface area contributed by atoms with Crippen LogP contribution >= 0.6 is 0 Å². The van der Waals surface area contributed by atoms with Crippen molar-refractivity contribution in [3.63, 3.8) is 0 Å². The smallest absolute Gasteiger partial charge is 0.0788 e. The first kappa shape index (κ1) is 13.4. The fourth-order valence-electron chi connectivity index (χ4n) is 2.35. The van der Waals surface area contributed by atoms with E-state index in [1.807, 2.05) is 0 Å². The molecule has 0 bridgehead atoms. The van der Waals surface area contributed by atoms with E-state index in [9.17, 15) is 0 Å². The van der Waals surface area contributed by atoms with Crippen LogP contribution < -0.4 is 5.32 Å². The van der Waals surface area contributed by atoms with Crippen molar-refractivity contribution in [2.45, 2.75) is 38.2 Å². The molecule has 0 amide bonds. The maximum absolute atomic E-state index is 8.68. The van der Waals surface area contributed by atoms with Gasteiger partial charge in [-0.15, -0.1) is 0 Å². The van der Waals surface area contributed by atoms with Crippen molar-refractivity contribution >= 4 is 5.69 Å². The molecule has 1 unspecified atom stereocenters. The SMILES string of the molecule is OCCCCCCOC1CNc2ccccc2C1. The molecule has 1 aromatic carbocycles. The number of rotatable bonds is 7. The summed E-state index contributed by atoms with van der Waals surface area (Å²) >= 11 is 0. The van der Waals surface area contributed by atoms with Crippen LogP contribution in [0, 0.1) is 0 Å². The van der Waals surface area contributed by atoms with Gasteiger partial charge in [0.05, 0.1) is 6.10 Å². The van der Waals surface area contributed by atoms with Gasteiger partial charge in [-0.3, -0.25) is 0 Å². The third kappa shape index (κ3) is 4.00. The number of nitrogens with one attached hydrogen (secondary N) is 1. The normalized spacial score (nSPS) is 18.2. The summed E-state index contributed by atoms with van der Waals surface area (Å²) in [6.45, 7) is 2.05. The zero-order chi connectivity index (χ0) is 12.6. The lowest BCUT2D eigenvalue weighted by atomic mass is 10.0. The molecule has 0 fully saturated rings. The quantitative estimate of drug-likeness (QED) is 0.730. The Bertz CT molecular complexity index is 354. The maximum Gasteiger partial charge on any atom is 0.0788 e. The van der Waals surface area contributed by atoms with Gasteiger partial charge in [0, 0.05) is 31.9 Å². The number of para-hydroxylation sites is 1. The Labute approximate surface area is 109 Å². The van der Waals surface area contributed by atoms with Gasteiger partial charge in [-0.05, 0) is 24.5 Å². The number of hydrogen-bond donors (Lipinski definition) is 2. The summed E-state index contributed by atoms with van der Waals surface area (Å²) < 4.78 is 5.90. The van der Waals surface area contributed by atoms with E-state index in [1.165, 1.54) is 11.3 Å². The molecule has 18 heavy (non-hydrogen) atoms. The summed E-state index contributed by atoms with van der Waals surface area (Å²) in [6.07, 6.45) is 5.58. The van der Waals surface area contributed by atoms with Gasteiger partial charge >= 0.3 is 0 Å². The summed E-state index contributed by atoms with van der Waals surface area (Å²) in [5.74, 6) is 0. The van der Waals surface area contributed by atoms with Gasteiger partial charge in [-0.1, -0.05) is 31.0 Å². The average molecular weight is 249 g/mol. The van der Waals surface area contributed by atoms with Crippen LogP contribution in [-0.2, 0) is 11.2 Å². The number of fused-ring (bicyclic) bond motifs is 1. The molecule has 0 saturated heterocycles. The molecular weight excluding hydrogens is 226 g/mol. The molecule has 1 aliphatic heterocycles. The molecule has 0 aliphatic carbocycles. The van der Waals surface area contributed by atoms with E-state index in [1.54, 1.807) is 0 Å². The van der Waals surface area contributed by atoms with Crippen LogP contribution in [0.5, 0.6) is 0 Å². The molecule has 0 aromatic heterocycles. The van der Waals surface area contributed by atoms with Crippen molar-refractivity contribution in [3.8, 4) is 0 Å². The van der Waals surface area contributed by atoms with Crippen molar-refractivity contribution < 1.29 is 9.84 Å². The van der Waals surface area contributed by atoms with Gasteiger partial charge in [-0.25, -0.2) is 0 Å². The molecule has 1 atom stereocenters. The Morgan fingerprint density at radius 1 is 1.17 bits per heavy atom. The van der Waals surface area contributed by atoms with Crippen LogP contribution in [0.25, 0.3) is 0 Å². The molecule has 1 aromatic rings. The summed E-state index contributed by atoms with van der Waals surface area (Å²) in [6, 6.07) is 8.44. The molecule has 3 heteroatoms. The van der Waals surface area contributed by atoms with Crippen molar-refractivity contribution in [3.05, 3.63) is 29.8 Å². The number of hydrogen-bond acceptors (Lipinski definition) is 3. The Morgan fingerprint density at radius 2 is 2.00 bits per heavy atom. The second kappa shape index (κ2) is 7.39. The summed E-state index contributed by atoms with van der Waals surface area (Å²) in [5.41, 5.74) is 2.61. The van der Waals surface area contributed by atoms with Gasteiger partial charge in [0.15, 0.2) is 0 Å². The van der Waals surface area contributed by atoms with E-state index in [-0.39, 0.29) is 0 Å². The van der Waals surface area contributed by atoms with Gasteiger partial charge in [0.25, 0.3) is 0 Å². The van der Waals surface area contributed by atoms with Crippen molar-refractivity contribution in [2.24, 2.45) is 0 Å². The number of aliphatic hydroxyl groups is 1. The number of unbranched alkanes of at least 4 members (excludes halogenated alkanes) is 3. The highest BCUT2D eigenvalue weighted by atomic mass is 16.5. The monoisotopic (exact) mass is 249 g/mol. The van der Waals surface area contributed by atoms with Crippen LogP contribution in [0.4, 0.5) is 5.69 Å². The minimum absolute atomic E-state index is 0.303. The van der Waals surface area contributed by atoms with Gasteiger partial charge in [-0.2, -0.15) is 0 Å². The second-order valence-corrected chi connectivity index (χ2v) is 4.87. The zero-order valence-electron chi connectivity index (χ0n) is 10.9. The fourth-order valence-corrected chi connectivity index (χ4v) is 2.35. The Balaban J connectivity index is 1.64. The van der Waals surface area contributed by atoms with E-state index in [4.69, 9.17) is 9.84 Å². The van der Waals surface area contributed by atoms with Crippen LogP contribution in [-0.4, -0.2) is 31.0 Å². The fraction of sp³-hybridized carbons (Fsp3) is 0.600. The van der Waals surface area contributed by atoms with E-state index in [0.717, 1.165) is 45.3 Å². The van der Waals surface area contributed by atoms with Gasteiger partial charge in [0.1, 0.15) is 0 Å². The predicted molar refractivity (Wildman–Crippen MR) is 73.9 cm³/mol. The van der Waals surface area contributed by atoms with E-state index in [2.05, 4.69) is 29.6 Å². The first-order chi connectivity index (χ1) is 8.90. The maximum atomic E-state index is 8.68. The van der Waals surface area contributed by atoms with Gasteiger partial charge < -0.3 is 15.2 Å². The lowest BCUT2D eigenvalue weighted by Gasteiger charge is -2.26. The topological polar surface area (TPSA) is 41.5 Å². The predicted octanol–water partition coefficient (Wildman–Crippen LogP) is 2.59. The highest BCUT2D eigenvalue weighted by Crippen LogP contribution is 2.22. The number of aliphatic hydroxyl groups excluding tert-OH is 1. The average Bonchev–Trinajstić information content (AvgIpc) is 2.42. The summed E-state index contributed by atoms with van der Waals surface area (Å²) in [5, 5.41) is 12.1. The lowest BCUT2D eigenvalue weighted by molar-refractivity contribution is 0.0573. The molecule has 100 valence electrons. The van der Waals surface area contributed by atoms with Crippen molar-refractivity contribution in [2.75, 3.05) is 25.1 Å². The van der Waals surface area contributed by atoms with E-state index < -0.39 is 0 Å². The Hall–Kier alpha value is -1.06. The number of benzene rings is 1. The molecule has 0 saturated carbocycles. The zero-order valence-corrected chi connectivity index (χ0v) is 10.9. The molecule has 0 spiro atoms. The standard InChI is InChI=1S/C15H23NO2/c17-9-5-1-2-6-10-18-14-11-13-7-3-4-8-15(13)16-12-14/h3-4,7-8,14,16-17H,1-2,5-6,9-12H2. The molecular formula is C15H23NO2. The van der Waals surface area contributed by atoms with E-state index in [0.29, 0.717) is 12.7 Å². The van der Waals surface area contributed by atoms with Gasteiger partial charge in [0.2, 0.25) is 0 Å². The van der Waals surface area contributed by atoms with Crippen LogP contribution in [0.3, 0.4) is 0 Å². The van der Waals surface area contributed by atoms with Crippen LogP contribution in [0.15, 0.2) is 24.3 Å². The first-order valence-electron chi connectivity index (χ1n) is 6.94. The minimum Gasteiger partial charge on any atom is -0.396 e. The molecule has 1 heterocycles. The molecule has 2 rings (SSSR count).